The molecule has 2 N–H and O–H groups in total. The van der Waals surface area contributed by atoms with Gasteiger partial charge in [0.2, 0.25) is 5.91 Å². The Hall–Kier alpha value is -0.580. The highest BCUT2D eigenvalue weighted by Crippen LogP contribution is 2.36. The van der Waals surface area contributed by atoms with Crippen molar-refractivity contribution in [2.75, 3.05) is 0 Å². The summed E-state index contributed by atoms with van der Waals surface area (Å²) in [6.45, 7) is 1.95. The molecule has 1 unspecified atom stereocenters. The van der Waals surface area contributed by atoms with Crippen LogP contribution in [0.15, 0.2) is 18.2 Å². The van der Waals surface area contributed by atoms with Crippen molar-refractivity contribution in [3.8, 4) is 0 Å². The molecule has 0 fully saturated rings. The predicted molar refractivity (Wildman–Crippen MR) is 63.9 cm³/mol. The average molecular weight is 301 g/mol. The van der Waals surface area contributed by atoms with Gasteiger partial charge in [-0.2, -0.15) is 0 Å². The molecular weight excluding hydrogens is 289 g/mol. The summed E-state index contributed by atoms with van der Waals surface area (Å²) in [6, 6.07) is 6.32. The van der Waals surface area contributed by atoms with E-state index in [1.54, 1.807) is 0 Å². The average Bonchev–Trinajstić information content (AvgIpc) is 2.42. The second-order valence-electron chi connectivity index (χ2n) is 4.19. The number of hydrogen-bond acceptors (Lipinski definition) is 1. The molecule has 2 nitrogen and oxygen atoms in total. The maximum Gasteiger partial charge on any atom is 0.224 e. The number of amides is 1. The van der Waals surface area contributed by atoms with Gasteiger partial charge in [0.15, 0.2) is 0 Å². The molecular formula is C11H12INO. The van der Waals surface area contributed by atoms with Crippen LogP contribution in [0.25, 0.3) is 0 Å². The Morgan fingerprint density at radius 2 is 2.07 bits per heavy atom. The molecule has 0 bridgehead atoms. The molecule has 0 radical (unpaired) electrons. The fourth-order valence-electron chi connectivity index (χ4n) is 2.01. The van der Waals surface area contributed by atoms with Gasteiger partial charge in [-0.3, -0.25) is 4.79 Å². The largest absolute Gasteiger partial charge is 0.369 e. The number of nitrogens with two attached hydrogens (primary N) is 1. The highest BCUT2D eigenvalue weighted by molar-refractivity contribution is 14.1. The van der Waals surface area contributed by atoms with Crippen LogP contribution in [0.3, 0.4) is 0 Å². The van der Waals surface area contributed by atoms with E-state index in [0.29, 0.717) is 0 Å². The van der Waals surface area contributed by atoms with Crippen molar-refractivity contribution in [2.45, 2.75) is 19.8 Å². The molecule has 1 aromatic carbocycles. The van der Waals surface area contributed by atoms with Crippen molar-refractivity contribution in [3.05, 3.63) is 32.9 Å². The quantitative estimate of drug-likeness (QED) is 0.791. The van der Waals surface area contributed by atoms with Gasteiger partial charge in [-0.25, -0.2) is 0 Å². The van der Waals surface area contributed by atoms with Gasteiger partial charge in [0.05, 0.1) is 5.41 Å². The molecule has 0 saturated carbocycles. The van der Waals surface area contributed by atoms with Crippen molar-refractivity contribution < 1.29 is 4.79 Å². The number of rotatable bonds is 1. The maximum atomic E-state index is 11.3. The van der Waals surface area contributed by atoms with Crippen molar-refractivity contribution in [1.82, 2.24) is 0 Å². The van der Waals surface area contributed by atoms with Crippen molar-refractivity contribution >= 4 is 28.5 Å². The topological polar surface area (TPSA) is 43.1 Å². The molecule has 0 heterocycles. The number of halogens is 1. The number of carbonyl (C=O) groups is 1. The smallest absolute Gasteiger partial charge is 0.224 e. The fraction of sp³-hybridized carbons (Fsp3) is 0.364. The SMILES string of the molecule is CC1(C(N)=O)Cc2ccc(I)cc2C1. The first-order chi connectivity index (χ1) is 6.51. The van der Waals surface area contributed by atoms with E-state index in [1.165, 1.54) is 14.7 Å². The molecule has 1 amide bonds. The van der Waals surface area contributed by atoms with Crippen molar-refractivity contribution in [3.63, 3.8) is 0 Å². The van der Waals surface area contributed by atoms with E-state index in [2.05, 4.69) is 40.8 Å². The lowest BCUT2D eigenvalue weighted by atomic mass is 9.87. The van der Waals surface area contributed by atoms with Crippen LogP contribution in [0.2, 0.25) is 0 Å². The summed E-state index contributed by atoms with van der Waals surface area (Å²) >= 11 is 2.29. The zero-order chi connectivity index (χ0) is 10.3. The summed E-state index contributed by atoms with van der Waals surface area (Å²) in [5.74, 6) is -0.191. The number of fused-ring (bicyclic) bond motifs is 1. The monoisotopic (exact) mass is 301 g/mol. The Kier molecular flexibility index (Phi) is 2.29. The summed E-state index contributed by atoms with van der Waals surface area (Å²) in [7, 11) is 0. The third-order valence-corrected chi connectivity index (χ3v) is 3.60. The molecule has 1 aliphatic rings. The van der Waals surface area contributed by atoms with E-state index in [4.69, 9.17) is 5.73 Å². The Morgan fingerprint density at radius 1 is 1.43 bits per heavy atom. The third-order valence-electron chi connectivity index (χ3n) is 2.92. The summed E-state index contributed by atoms with van der Waals surface area (Å²) in [6.07, 6.45) is 1.57. The van der Waals surface area contributed by atoms with Crippen molar-refractivity contribution in [2.24, 2.45) is 11.1 Å². The zero-order valence-corrected chi connectivity index (χ0v) is 10.2. The van der Waals surface area contributed by atoms with Crippen LogP contribution in [0.4, 0.5) is 0 Å². The van der Waals surface area contributed by atoms with Crippen LogP contribution in [-0.2, 0) is 17.6 Å². The van der Waals surface area contributed by atoms with E-state index in [1.807, 2.05) is 6.92 Å². The molecule has 0 saturated heterocycles. The summed E-state index contributed by atoms with van der Waals surface area (Å²) < 4.78 is 1.22. The first-order valence-corrected chi connectivity index (χ1v) is 5.66. The van der Waals surface area contributed by atoms with E-state index >= 15 is 0 Å². The highest BCUT2D eigenvalue weighted by atomic mass is 127. The first-order valence-electron chi connectivity index (χ1n) is 4.58. The van der Waals surface area contributed by atoms with E-state index in [0.717, 1.165) is 12.8 Å². The van der Waals surface area contributed by atoms with Gasteiger partial charge in [-0.1, -0.05) is 13.0 Å². The minimum atomic E-state index is -0.368. The van der Waals surface area contributed by atoms with Crippen LogP contribution in [-0.4, -0.2) is 5.91 Å². The Balaban J connectivity index is 2.39. The van der Waals surface area contributed by atoms with Crippen LogP contribution in [0.5, 0.6) is 0 Å². The van der Waals surface area contributed by atoms with Gasteiger partial charge in [0.1, 0.15) is 0 Å². The maximum absolute atomic E-state index is 11.3. The van der Waals surface area contributed by atoms with Crippen LogP contribution in [0.1, 0.15) is 18.1 Å². The predicted octanol–water partition coefficient (Wildman–Crippen LogP) is 1.88. The number of benzene rings is 1. The summed E-state index contributed by atoms with van der Waals surface area (Å²) in [5, 5.41) is 0. The lowest BCUT2D eigenvalue weighted by molar-refractivity contribution is -0.126. The first kappa shape index (κ1) is 9.96. The van der Waals surface area contributed by atoms with Gasteiger partial charge >= 0.3 is 0 Å². The van der Waals surface area contributed by atoms with Gasteiger partial charge in [-0.05, 0) is 58.7 Å². The Morgan fingerprint density at radius 3 is 2.71 bits per heavy atom. The van der Waals surface area contributed by atoms with Crippen LogP contribution < -0.4 is 5.73 Å². The second kappa shape index (κ2) is 3.22. The van der Waals surface area contributed by atoms with Crippen LogP contribution in [0, 0.1) is 8.99 Å². The number of hydrogen-bond donors (Lipinski definition) is 1. The summed E-state index contributed by atoms with van der Waals surface area (Å²) in [4.78, 5) is 11.3. The van der Waals surface area contributed by atoms with Crippen LogP contribution >= 0.6 is 22.6 Å². The van der Waals surface area contributed by atoms with Gasteiger partial charge in [0, 0.05) is 3.57 Å². The summed E-state index contributed by atoms with van der Waals surface area (Å²) in [5.41, 5.74) is 7.59. The zero-order valence-electron chi connectivity index (χ0n) is 8.01. The molecule has 3 heteroatoms. The molecule has 1 aromatic rings. The van der Waals surface area contributed by atoms with E-state index < -0.39 is 0 Å². The molecule has 0 spiro atoms. The van der Waals surface area contributed by atoms with E-state index in [-0.39, 0.29) is 11.3 Å². The standard InChI is InChI=1S/C11H12INO/c1-11(10(13)14)5-7-2-3-9(12)4-8(7)6-11/h2-4H,5-6H2,1H3,(H2,13,14). The molecule has 0 aromatic heterocycles. The number of primary amides is 1. The Bertz CT molecular complexity index is 402. The minimum Gasteiger partial charge on any atom is -0.369 e. The second-order valence-corrected chi connectivity index (χ2v) is 5.44. The number of carbonyl (C=O) groups excluding carboxylic acids is 1. The van der Waals surface area contributed by atoms with Crippen molar-refractivity contribution in [1.29, 1.82) is 0 Å². The molecule has 2 rings (SSSR count). The highest BCUT2D eigenvalue weighted by Gasteiger charge is 2.37. The lowest BCUT2D eigenvalue weighted by Crippen LogP contribution is -2.34. The van der Waals surface area contributed by atoms with Gasteiger partial charge in [-0.15, -0.1) is 0 Å². The van der Waals surface area contributed by atoms with Gasteiger partial charge < -0.3 is 5.73 Å². The lowest BCUT2D eigenvalue weighted by Gasteiger charge is -2.17. The van der Waals surface area contributed by atoms with E-state index in [9.17, 15) is 4.79 Å². The molecule has 1 atom stereocenters. The Labute approximate surface area is 97.0 Å². The minimum absolute atomic E-state index is 0.191. The molecule has 14 heavy (non-hydrogen) atoms. The molecule has 74 valence electrons. The molecule has 0 aliphatic heterocycles. The molecule has 1 aliphatic carbocycles. The normalized spacial score (nSPS) is 24.7. The van der Waals surface area contributed by atoms with Gasteiger partial charge in [0.25, 0.3) is 0 Å². The fourth-order valence-corrected chi connectivity index (χ4v) is 2.56. The third kappa shape index (κ3) is 1.54.